The number of hydrogen-bond acceptors (Lipinski definition) is 4. The van der Waals surface area contributed by atoms with E-state index in [4.69, 9.17) is 4.74 Å². The lowest BCUT2D eigenvalue weighted by atomic mass is 9.73. The fraction of sp³-hybridized carbons (Fsp3) is 0.500. The highest BCUT2D eigenvalue weighted by Crippen LogP contribution is 2.54. The molecule has 0 saturated heterocycles. The Labute approximate surface area is 178 Å². The number of carbonyl (C=O) groups excluding carboxylic acids is 1. The van der Waals surface area contributed by atoms with Crippen LogP contribution in [0.5, 0.6) is 11.5 Å². The molecule has 30 heavy (non-hydrogen) atoms. The Hall–Kier alpha value is -2.49. The molecular formula is C26H32O4. The highest BCUT2D eigenvalue weighted by Gasteiger charge is 2.52. The molecule has 3 atom stereocenters. The number of ether oxygens (including phenoxy) is 1. The number of phenolic OH excluding ortho intramolecular Hbond substituents is 2. The van der Waals surface area contributed by atoms with E-state index in [0.29, 0.717) is 18.8 Å². The largest absolute Gasteiger partial charge is 0.508 e. The summed E-state index contributed by atoms with van der Waals surface area (Å²) in [6, 6.07) is 14.3. The van der Waals surface area contributed by atoms with Crippen LogP contribution in [0.25, 0.3) is 0 Å². The van der Waals surface area contributed by atoms with Crippen LogP contribution < -0.4 is 0 Å². The number of hydrogen-bond donors (Lipinski definition) is 2. The summed E-state index contributed by atoms with van der Waals surface area (Å²) in [5.74, 6) is 1.56. The molecule has 0 heterocycles. The van der Waals surface area contributed by atoms with Crippen molar-refractivity contribution in [1.29, 1.82) is 0 Å². The van der Waals surface area contributed by atoms with E-state index in [1.807, 2.05) is 24.3 Å². The van der Waals surface area contributed by atoms with Crippen LogP contribution in [-0.4, -0.2) is 21.8 Å². The van der Waals surface area contributed by atoms with Crippen LogP contribution in [0.4, 0.5) is 0 Å². The van der Waals surface area contributed by atoms with E-state index in [1.54, 1.807) is 24.3 Å². The van der Waals surface area contributed by atoms with E-state index >= 15 is 0 Å². The van der Waals surface area contributed by atoms with Gasteiger partial charge >= 0.3 is 5.97 Å². The number of esters is 1. The van der Waals surface area contributed by atoms with Crippen LogP contribution in [0.2, 0.25) is 0 Å². The Morgan fingerprint density at radius 3 is 2.03 bits per heavy atom. The monoisotopic (exact) mass is 408 g/mol. The number of carbonyl (C=O) groups is 1. The summed E-state index contributed by atoms with van der Waals surface area (Å²) in [6.45, 7) is 4.25. The van der Waals surface area contributed by atoms with Crippen molar-refractivity contribution in [3.8, 4) is 11.5 Å². The molecule has 4 heteroatoms. The standard InChI is InChI=1S/C26H32O4/c1-3-26(17-18-4-5-21(26)16-18)30-24(29)14-15-25(2,19-6-10-22(27)11-7-19)20-8-12-23(28)13-9-20/h6-13,18,21,27-28H,3-5,14-17H2,1-2H3. The minimum atomic E-state index is -0.436. The van der Waals surface area contributed by atoms with E-state index in [1.165, 1.54) is 19.3 Å². The third-order valence-corrected chi connectivity index (χ3v) is 7.67. The van der Waals surface area contributed by atoms with Gasteiger partial charge in [-0.1, -0.05) is 38.1 Å². The number of benzene rings is 2. The molecule has 2 bridgehead atoms. The average Bonchev–Trinajstić information content (AvgIpc) is 3.34. The van der Waals surface area contributed by atoms with Gasteiger partial charge in [0.25, 0.3) is 0 Å². The fourth-order valence-electron chi connectivity index (χ4n) is 5.77. The van der Waals surface area contributed by atoms with Gasteiger partial charge in [0.1, 0.15) is 17.1 Å². The van der Waals surface area contributed by atoms with Crippen molar-refractivity contribution in [2.24, 2.45) is 11.8 Å². The SMILES string of the molecule is CCC1(OC(=O)CCC(C)(c2ccc(O)cc2)c2ccc(O)cc2)CC2CCC1C2. The molecule has 2 aliphatic rings. The summed E-state index contributed by atoms with van der Waals surface area (Å²) in [6.07, 6.45) is 6.51. The normalized spacial score (nSPS) is 25.4. The highest BCUT2D eigenvalue weighted by atomic mass is 16.6. The van der Waals surface area contributed by atoms with E-state index in [0.717, 1.165) is 29.9 Å². The van der Waals surface area contributed by atoms with Crippen LogP contribution in [0.3, 0.4) is 0 Å². The maximum absolute atomic E-state index is 13.0. The number of aromatic hydroxyl groups is 2. The molecule has 2 aromatic rings. The van der Waals surface area contributed by atoms with Gasteiger partial charge in [0.05, 0.1) is 0 Å². The van der Waals surface area contributed by atoms with Crippen molar-refractivity contribution in [2.75, 3.05) is 0 Å². The first-order chi connectivity index (χ1) is 14.3. The molecule has 0 amide bonds. The van der Waals surface area contributed by atoms with Gasteiger partial charge in [-0.25, -0.2) is 0 Å². The quantitative estimate of drug-likeness (QED) is 0.577. The maximum atomic E-state index is 13.0. The maximum Gasteiger partial charge on any atom is 0.306 e. The summed E-state index contributed by atoms with van der Waals surface area (Å²) in [4.78, 5) is 13.0. The Balaban J connectivity index is 1.53. The molecular weight excluding hydrogens is 376 g/mol. The Morgan fingerprint density at radius 2 is 1.60 bits per heavy atom. The van der Waals surface area contributed by atoms with Gasteiger partial charge in [-0.05, 0) is 85.8 Å². The molecule has 2 N–H and O–H groups in total. The molecule has 0 radical (unpaired) electrons. The van der Waals surface area contributed by atoms with E-state index in [9.17, 15) is 15.0 Å². The molecule has 3 unspecified atom stereocenters. The van der Waals surface area contributed by atoms with Crippen molar-refractivity contribution in [2.45, 2.75) is 69.8 Å². The Kier molecular flexibility index (Phi) is 5.52. The van der Waals surface area contributed by atoms with Gasteiger partial charge in [-0.3, -0.25) is 4.79 Å². The van der Waals surface area contributed by atoms with Gasteiger partial charge in [-0.2, -0.15) is 0 Å². The van der Waals surface area contributed by atoms with Crippen molar-refractivity contribution in [3.05, 3.63) is 59.7 Å². The van der Waals surface area contributed by atoms with Gasteiger partial charge < -0.3 is 14.9 Å². The molecule has 0 spiro atoms. The summed E-state index contributed by atoms with van der Waals surface area (Å²) in [7, 11) is 0. The molecule has 2 aliphatic carbocycles. The fourth-order valence-corrected chi connectivity index (χ4v) is 5.77. The zero-order valence-corrected chi connectivity index (χ0v) is 17.9. The first-order valence-electron chi connectivity index (χ1n) is 11.2. The predicted molar refractivity (Wildman–Crippen MR) is 116 cm³/mol. The zero-order valence-electron chi connectivity index (χ0n) is 17.9. The summed E-state index contributed by atoms with van der Waals surface area (Å²) in [5, 5.41) is 19.4. The van der Waals surface area contributed by atoms with Gasteiger partial charge in [0.15, 0.2) is 0 Å². The van der Waals surface area contributed by atoms with Gasteiger partial charge in [0.2, 0.25) is 0 Å². The first-order valence-corrected chi connectivity index (χ1v) is 11.2. The summed E-state index contributed by atoms with van der Waals surface area (Å²) >= 11 is 0. The number of rotatable bonds is 7. The summed E-state index contributed by atoms with van der Waals surface area (Å²) in [5.41, 5.74) is 1.34. The van der Waals surface area contributed by atoms with Crippen LogP contribution in [0, 0.1) is 11.8 Å². The molecule has 0 aliphatic heterocycles. The van der Waals surface area contributed by atoms with Gasteiger partial charge in [-0.15, -0.1) is 0 Å². The second-order valence-corrected chi connectivity index (χ2v) is 9.40. The lowest BCUT2D eigenvalue weighted by Gasteiger charge is -2.37. The first kappa shape index (κ1) is 20.8. The van der Waals surface area contributed by atoms with Crippen molar-refractivity contribution < 1.29 is 19.7 Å². The molecule has 2 fully saturated rings. The third-order valence-electron chi connectivity index (χ3n) is 7.67. The van der Waals surface area contributed by atoms with Crippen LogP contribution in [0.15, 0.2) is 48.5 Å². The van der Waals surface area contributed by atoms with Crippen LogP contribution in [0.1, 0.15) is 69.9 Å². The van der Waals surface area contributed by atoms with Gasteiger partial charge in [0, 0.05) is 11.8 Å². The van der Waals surface area contributed by atoms with Crippen molar-refractivity contribution in [3.63, 3.8) is 0 Å². The van der Waals surface area contributed by atoms with Crippen molar-refractivity contribution in [1.82, 2.24) is 0 Å². The zero-order chi connectivity index (χ0) is 21.4. The molecule has 2 aromatic carbocycles. The van der Waals surface area contributed by atoms with Crippen molar-refractivity contribution >= 4 is 5.97 Å². The predicted octanol–water partition coefficient (Wildman–Crippen LogP) is 5.70. The lowest BCUT2D eigenvalue weighted by molar-refractivity contribution is -0.166. The molecule has 4 nitrogen and oxygen atoms in total. The number of phenols is 2. The van der Waals surface area contributed by atoms with E-state index < -0.39 is 5.41 Å². The lowest BCUT2D eigenvalue weighted by Crippen LogP contribution is -2.40. The topological polar surface area (TPSA) is 66.8 Å². The third kappa shape index (κ3) is 3.80. The second-order valence-electron chi connectivity index (χ2n) is 9.40. The van der Waals surface area contributed by atoms with E-state index in [2.05, 4.69) is 13.8 Å². The van der Waals surface area contributed by atoms with E-state index in [-0.39, 0.29) is 23.1 Å². The average molecular weight is 409 g/mol. The Morgan fingerprint density at radius 1 is 1.03 bits per heavy atom. The molecule has 0 aromatic heterocycles. The molecule has 2 saturated carbocycles. The number of fused-ring (bicyclic) bond motifs is 2. The minimum absolute atomic E-state index is 0.117. The second kappa shape index (κ2) is 7.98. The van der Waals surface area contributed by atoms with Crippen LogP contribution >= 0.6 is 0 Å². The van der Waals surface area contributed by atoms with Crippen LogP contribution in [-0.2, 0) is 14.9 Å². The molecule has 160 valence electrons. The Bertz CT molecular complexity index is 841. The molecule has 4 rings (SSSR count). The highest BCUT2D eigenvalue weighted by molar-refractivity contribution is 5.70. The summed E-state index contributed by atoms with van der Waals surface area (Å²) < 4.78 is 6.17. The smallest absolute Gasteiger partial charge is 0.306 e. The minimum Gasteiger partial charge on any atom is -0.508 e.